The summed E-state index contributed by atoms with van der Waals surface area (Å²) in [7, 11) is 0. The minimum atomic E-state index is 0.0665. The lowest BCUT2D eigenvalue weighted by Gasteiger charge is -2.09. The summed E-state index contributed by atoms with van der Waals surface area (Å²) in [6, 6.07) is 17.5. The molecule has 0 saturated heterocycles. The Bertz CT molecular complexity index is 603. The van der Waals surface area contributed by atoms with Crippen LogP contribution in [0.5, 0.6) is 11.5 Å². The smallest absolute Gasteiger partial charge is 0.174 e. The van der Waals surface area contributed by atoms with Crippen molar-refractivity contribution in [2.24, 2.45) is 0 Å². The zero-order valence-corrected chi connectivity index (χ0v) is 12.0. The molecule has 2 aromatic rings. The van der Waals surface area contributed by atoms with Gasteiger partial charge in [-0.25, -0.2) is 0 Å². The van der Waals surface area contributed by atoms with Crippen molar-refractivity contribution in [2.75, 3.05) is 18.5 Å². The van der Waals surface area contributed by atoms with Gasteiger partial charge in [0.1, 0.15) is 17.6 Å². The van der Waals surface area contributed by atoms with E-state index in [4.69, 9.17) is 14.7 Å². The van der Waals surface area contributed by atoms with Gasteiger partial charge in [-0.3, -0.25) is 0 Å². The number of nitrogens with zero attached hydrogens (tertiary/aromatic N) is 1. The van der Waals surface area contributed by atoms with E-state index in [9.17, 15) is 0 Å². The predicted molar refractivity (Wildman–Crippen MR) is 82.5 cm³/mol. The first kappa shape index (κ1) is 14.7. The van der Waals surface area contributed by atoms with Crippen molar-refractivity contribution in [3.63, 3.8) is 0 Å². The van der Waals surface area contributed by atoms with Gasteiger partial charge in [-0.15, -0.1) is 0 Å². The van der Waals surface area contributed by atoms with Crippen molar-refractivity contribution in [3.8, 4) is 17.6 Å². The zero-order chi connectivity index (χ0) is 14.9. The normalized spacial score (nSPS) is 9.71. The van der Waals surface area contributed by atoms with Gasteiger partial charge in [0.2, 0.25) is 0 Å². The second kappa shape index (κ2) is 7.81. The lowest BCUT2D eigenvalue weighted by molar-refractivity contribution is 0.340. The lowest BCUT2D eigenvalue weighted by atomic mass is 10.2. The Morgan fingerprint density at radius 3 is 2.57 bits per heavy atom. The summed E-state index contributed by atoms with van der Waals surface area (Å²) < 4.78 is 10.7. The summed E-state index contributed by atoms with van der Waals surface area (Å²) in [5.74, 6) is 1.58. The van der Waals surface area contributed by atoms with Gasteiger partial charge in [0.15, 0.2) is 6.61 Å². The Balaban J connectivity index is 1.90. The molecule has 0 spiro atoms. The van der Waals surface area contributed by atoms with Crippen LogP contribution in [0.4, 0.5) is 5.69 Å². The molecule has 2 rings (SSSR count). The fourth-order valence-corrected chi connectivity index (χ4v) is 1.90. The first-order valence-electron chi connectivity index (χ1n) is 6.87. The van der Waals surface area contributed by atoms with Gasteiger partial charge in [0, 0.05) is 12.2 Å². The number of hydrogen-bond donors (Lipinski definition) is 1. The molecule has 0 aliphatic heterocycles. The van der Waals surface area contributed by atoms with Gasteiger partial charge in [0.05, 0.1) is 6.61 Å². The van der Waals surface area contributed by atoms with Gasteiger partial charge in [-0.2, -0.15) is 5.26 Å². The molecular weight excluding hydrogens is 264 g/mol. The summed E-state index contributed by atoms with van der Waals surface area (Å²) in [6.45, 7) is 3.43. The molecule has 0 heterocycles. The van der Waals surface area contributed by atoms with E-state index >= 15 is 0 Å². The van der Waals surface area contributed by atoms with E-state index in [0.717, 1.165) is 23.5 Å². The largest absolute Gasteiger partial charge is 0.494 e. The Hall–Kier alpha value is -2.67. The van der Waals surface area contributed by atoms with Crippen LogP contribution in [0, 0.1) is 11.3 Å². The molecule has 1 N–H and O–H groups in total. The first-order chi connectivity index (χ1) is 10.3. The summed E-state index contributed by atoms with van der Waals surface area (Å²) in [5, 5.41) is 11.8. The van der Waals surface area contributed by atoms with Gasteiger partial charge < -0.3 is 14.8 Å². The molecule has 0 fully saturated rings. The summed E-state index contributed by atoms with van der Waals surface area (Å²) in [6.07, 6.45) is 0. The molecule has 0 radical (unpaired) electrons. The van der Waals surface area contributed by atoms with Crippen molar-refractivity contribution in [2.45, 2.75) is 13.5 Å². The first-order valence-corrected chi connectivity index (χ1v) is 6.87. The van der Waals surface area contributed by atoms with E-state index in [1.807, 2.05) is 55.5 Å². The van der Waals surface area contributed by atoms with Crippen molar-refractivity contribution in [1.82, 2.24) is 0 Å². The minimum Gasteiger partial charge on any atom is -0.494 e. The molecule has 0 aromatic heterocycles. The quantitative estimate of drug-likeness (QED) is 0.843. The minimum absolute atomic E-state index is 0.0665. The molecule has 21 heavy (non-hydrogen) atoms. The number of rotatable bonds is 7. The van der Waals surface area contributed by atoms with Crippen molar-refractivity contribution < 1.29 is 9.47 Å². The SMILES string of the molecule is CCOc1cccc(CNc2ccc(OCC#N)cc2)c1. The zero-order valence-electron chi connectivity index (χ0n) is 12.0. The molecule has 0 atom stereocenters. The topological polar surface area (TPSA) is 54.3 Å². The molecule has 0 aliphatic carbocycles. The monoisotopic (exact) mass is 282 g/mol. The molecule has 0 unspecified atom stereocenters. The highest BCUT2D eigenvalue weighted by molar-refractivity contribution is 5.47. The van der Waals surface area contributed by atoms with Crippen molar-refractivity contribution >= 4 is 5.69 Å². The number of ether oxygens (including phenoxy) is 2. The average Bonchev–Trinajstić information content (AvgIpc) is 2.53. The van der Waals surface area contributed by atoms with Crippen LogP contribution in [-0.2, 0) is 6.54 Å². The van der Waals surface area contributed by atoms with Gasteiger partial charge >= 0.3 is 0 Å². The molecule has 4 nitrogen and oxygen atoms in total. The molecule has 4 heteroatoms. The average molecular weight is 282 g/mol. The van der Waals surface area contributed by atoms with E-state index in [1.54, 1.807) is 0 Å². The standard InChI is InChI=1S/C17H18N2O2/c1-2-20-17-5-3-4-14(12-17)13-19-15-6-8-16(9-7-15)21-11-10-18/h3-9,12,19H,2,11,13H2,1H3. The van der Waals surface area contributed by atoms with Crippen LogP contribution in [0.2, 0.25) is 0 Å². The van der Waals surface area contributed by atoms with Gasteiger partial charge in [-0.1, -0.05) is 12.1 Å². The Labute approximate surface area is 124 Å². The molecule has 108 valence electrons. The fourth-order valence-electron chi connectivity index (χ4n) is 1.90. The third kappa shape index (κ3) is 4.73. The van der Waals surface area contributed by atoms with Gasteiger partial charge in [0.25, 0.3) is 0 Å². The van der Waals surface area contributed by atoms with Crippen molar-refractivity contribution in [3.05, 3.63) is 54.1 Å². The Morgan fingerprint density at radius 1 is 1.05 bits per heavy atom. The second-order valence-corrected chi connectivity index (χ2v) is 4.41. The van der Waals surface area contributed by atoms with Crippen molar-refractivity contribution in [1.29, 1.82) is 5.26 Å². The van der Waals surface area contributed by atoms with E-state index in [2.05, 4.69) is 11.4 Å². The number of hydrogen-bond acceptors (Lipinski definition) is 4. The Morgan fingerprint density at radius 2 is 1.86 bits per heavy atom. The molecule has 0 bridgehead atoms. The number of anilines is 1. The number of nitriles is 1. The van der Waals surface area contributed by atoms with Crippen LogP contribution < -0.4 is 14.8 Å². The van der Waals surface area contributed by atoms with E-state index < -0.39 is 0 Å². The highest BCUT2D eigenvalue weighted by Crippen LogP contribution is 2.18. The fraction of sp³-hybridized carbons (Fsp3) is 0.235. The molecule has 0 amide bonds. The highest BCUT2D eigenvalue weighted by atomic mass is 16.5. The molecule has 0 aliphatic rings. The summed E-state index contributed by atoms with van der Waals surface area (Å²) in [5.41, 5.74) is 2.16. The van der Waals surface area contributed by atoms with Crippen LogP contribution in [0.1, 0.15) is 12.5 Å². The van der Waals surface area contributed by atoms with Gasteiger partial charge in [-0.05, 0) is 48.9 Å². The van der Waals surface area contributed by atoms with E-state index in [1.165, 1.54) is 0 Å². The van der Waals surface area contributed by atoms with Crippen LogP contribution in [0.15, 0.2) is 48.5 Å². The molecule has 2 aromatic carbocycles. The van der Waals surface area contributed by atoms with E-state index in [-0.39, 0.29) is 6.61 Å². The third-order valence-corrected chi connectivity index (χ3v) is 2.86. The summed E-state index contributed by atoms with van der Waals surface area (Å²) >= 11 is 0. The van der Waals surface area contributed by atoms with Crippen LogP contribution in [0.3, 0.4) is 0 Å². The molecule has 0 saturated carbocycles. The summed E-state index contributed by atoms with van der Waals surface area (Å²) in [4.78, 5) is 0. The third-order valence-electron chi connectivity index (χ3n) is 2.86. The predicted octanol–water partition coefficient (Wildman–Crippen LogP) is 3.60. The lowest BCUT2D eigenvalue weighted by Crippen LogP contribution is -2.00. The second-order valence-electron chi connectivity index (χ2n) is 4.41. The van der Waals surface area contributed by atoms with Crippen LogP contribution in [0.25, 0.3) is 0 Å². The number of nitrogens with one attached hydrogen (secondary N) is 1. The Kier molecular flexibility index (Phi) is 5.48. The molecular formula is C17H18N2O2. The highest BCUT2D eigenvalue weighted by Gasteiger charge is 1.98. The maximum Gasteiger partial charge on any atom is 0.174 e. The maximum absolute atomic E-state index is 8.46. The number of benzene rings is 2. The van der Waals surface area contributed by atoms with E-state index in [0.29, 0.717) is 12.4 Å². The maximum atomic E-state index is 8.46. The van der Waals surface area contributed by atoms with Crippen LogP contribution >= 0.6 is 0 Å². The van der Waals surface area contributed by atoms with Crippen LogP contribution in [-0.4, -0.2) is 13.2 Å².